The Morgan fingerprint density at radius 1 is 1.03 bits per heavy atom. The van der Waals surface area contributed by atoms with Crippen LogP contribution in [0.3, 0.4) is 0 Å². The van der Waals surface area contributed by atoms with Crippen LogP contribution >= 0.6 is 0 Å². The van der Waals surface area contributed by atoms with Gasteiger partial charge in [-0.3, -0.25) is 9.78 Å². The molecule has 0 radical (unpaired) electrons. The van der Waals surface area contributed by atoms with E-state index in [9.17, 15) is 9.59 Å². The van der Waals surface area contributed by atoms with Gasteiger partial charge in [0.25, 0.3) is 5.56 Å². The molecular weight excluding hydrogens is 420 g/mol. The molecule has 0 unspecified atom stereocenters. The Bertz CT molecular complexity index is 1530. The molecule has 0 fully saturated rings. The predicted molar refractivity (Wildman–Crippen MR) is 124 cm³/mol. The van der Waals surface area contributed by atoms with Crippen molar-refractivity contribution in [1.82, 2.24) is 30.0 Å². The molecule has 3 heterocycles. The van der Waals surface area contributed by atoms with Gasteiger partial charge in [0.1, 0.15) is 5.69 Å². The summed E-state index contributed by atoms with van der Waals surface area (Å²) in [5.41, 5.74) is 4.36. The van der Waals surface area contributed by atoms with E-state index in [-0.39, 0.29) is 11.5 Å². The number of nitrogens with one attached hydrogen (secondary N) is 2. The van der Waals surface area contributed by atoms with Gasteiger partial charge < -0.3 is 14.4 Å². The lowest BCUT2D eigenvalue weighted by molar-refractivity contribution is 0.373. The topological polar surface area (TPSA) is 119 Å². The second kappa shape index (κ2) is 8.44. The van der Waals surface area contributed by atoms with Crippen LogP contribution in [0.5, 0.6) is 0 Å². The second-order valence-corrected chi connectivity index (χ2v) is 7.95. The van der Waals surface area contributed by atoms with E-state index >= 15 is 0 Å². The summed E-state index contributed by atoms with van der Waals surface area (Å²) in [5, 5.41) is 7.46. The van der Waals surface area contributed by atoms with Gasteiger partial charge in [-0.15, -0.1) is 0 Å². The molecule has 3 aromatic rings. The third-order valence-electron chi connectivity index (χ3n) is 5.66. The molecule has 9 heteroatoms. The highest BCUT2D eigenvalue weighted by Gasteiger charge is 2.19. The zero-order valence-electron chi connectivity index (χ0n) is 18.3. The summed E-state index contributed by atoms with van der Waals surface area (Å²) in [6.07, 6.45) is 0. The van der Waals surface area contributed by atoms with Crippen molar-refractivity contribution in [3.05, 3.63) is 86.3 Å². The Morgan fingerprint density at radius 3 is 2.64 bits per heavy atom. The first-order valence-corrected chi connectivity index (χ1v) is 10.6. The third-order valence-corrected chi connectivity index (χ3v) is 5.66. The molecule has 166 valence electrons. The maximum atomic E-state index is 12.4. The Hall–Kier alpha value is -4.11. The minimum atomic E-state index is -0.686. The van der Waals surface area contributed by atoms with Crippen LogP contribution in [0, 0.1) is 13.8 Å². The molecule has 1 aromatic heterocycles. The molecule has 0 aliphatic carbocycles. The monoisotopic (exact) mass is 442 g/mol. The average Bonchev–Trinajstić information content (AvgIpc) is 3.27. The van der Waals surface area contributed by atoms with Gasteiger partial charge in [0.15, 0.2) is 17.3 Å². The molecule has 2 N–H and O–H groups in total. The van der Waals surface area contributed by atoms with Gasteiger partial charge in [0, 0.05) is 24.7 Å². The number of aromatic amines is 1. The molecule has 0 bridgehead atoms. The normalized spacial score (nSPS) is 11.5. The van der Waals surface area contributed by atoms with Gasteiger partial charge in [-0.2, -0.15) is 4.98 Å². The first-order valence-electron chi connectivity index (χ1n) is 10.6. The van der Waals surface area contributed by atoms with Crippen molar-refractivity contribution in [1.29, 1.82) is 0 Å². The zero-order valence-corrected chi connectivity index (χ0v) is 18.3. The molecule has 9 nitrogen and oxygen atoms in total. The highest BCUT2D eigenvalue weighted by Crippen LogP contribution is 2.23. The van der Waals surface area contributed by atoms with E-state index in [0.29, 0.717) is 30.9 Å². The highest BCUT2D eigenvalue weighted by molar-refractivity contribution is 5.81. The van der Waals surface area contributed by atoms with Crippen LogP contribution in [0.1, 0.15) is 16.9 Å². The molecule has 5 rings (SSSR count). The number of H-pyrrole nitrogens is 1. The van der Waals surface area contributed by atoms with Crippen LogP contribution in [0.25, 0.3) is 33.8 Å². The number of fused-ring (bicyclic) bond motifs is 2. The quantitative estimate of drug-likeness (QED) is 0.306. The predicted octanol–water partition coefficient (Wildman–Crippen LogP) is 2.65. The van der Waals surface area contributed by atoms with E-state index in [1.165, 1.54) is 0 Å². The second-order valence-electron chi connectivity index (χ2n) is 7.95. The molecule has 2 aliphatic heterocycles. The summed E-state index contributed by atoms with van der Waals surface area (Å²) in [6.45, 7) is 5.53. The lowest BCUT2D eigenvalue weighted by Gasteiger charge is -2.17. The summed E-state index contributed by atoms with van der Waals surface area (Å²) in [5.74, 6) is 0.985. The smallest absolute Gasteiger partial charge is 0.349 e. The first kappa shape index (κ1) is 20.8. The van der Waals surface area contributed by atoms with Gasteiger partial charge in [-0.05, 0) is 37.1 Å². The maximum Gasteiger partial charge on any atom is 0.349 e. The van der Waals surface area contributed by atoms with E-state index in [1.54, 1.807) is 0 Å². The Balaban J connectivity index is 1.40. The third kappa shape index (κ3) is 4.06. The summed E-state index contributed by atoms with van der Waals surface area (Å²) in [6, 6.07) is 15.7. The van der Waals surface area contributed by atoms with Crippen molar-refractivity contribution < 1.29 is 4.52 Å². The molecule has 2 aliphatic rings. The highest BCUT2D eigenvalue weighted by atomic mass is 16.5. The molecule has 0 saturated carbocycles. The van der Waals surface area contributed by atoms with Crippen molar-refractivity contribution in [3.8, 4) is 22.8 Å². The number of benzene rings is 2. The van der Waals surface area contributed by atoms with E-state index in [1.807, 2.05) is 66.9 Å². The standard InChI is InChI=1S/C24H22N6O3/c1-14-10-19-20(11-15(14)2)30(22-21(26-19)23(31)28-24(32)27-22)9-8-25-13-17-12-18(29-33-17)16-6-4-3-5-7-16/h3-7,10-12,25H,8-9,13H2,1-2H3,(H,28,31,32). The van der Waals surface area contributed by atoms with Crippen molar-refractivity contribution in [2.75, 3.05) is 6.54 Å². The minimum Gasteiger partial charge on any atom is -0.359 e. The zero-order chi connectivity index (χ0) is 22.9. The lowest BCUT2D eigenvalue weighted by atomic mass is 10.1. The Morgan fingerprint density at radius 2 is 1.82 bits per heavy atom. The van der Waals surface area contributed by atoms with Crippen LogP contribution < -0.4 is 16.6 Å². The van der Waals surface area contributed by atoms with Gasteiger partial charge in [-0.1, -0.05) is 35.5 Å². The van der Waals surface area contributed by atoms with Crippen molar-refractivity contribution >= 4 is 11.0 Å². The van der Waals surface area contributed by atoms with Crippen LogP contribution in [-0.2, 0) is 13.1 Å². The number of hydrogen-bond acceptors (Lipinski definition) is 7. The number of aryl methyl sites for hydroxylation is 2. The van der Waals surface area contributed by atoms with Gasteiger partial charge in [0.05, 0.1) is 17.6 Å². The number of hydrogen-bond donors (Lipinski definition) is 2. The number of rotatable bonds is 6. The van der Waals surface area contributed by atoms with Gasteiger partial charge >= 0.3 is 5.69 Å². The fourth-order valence-corrected chi connectivity index (χ4v) is 3.82. The van der Waals surface area contributed by atoms with Crippen LogP contribution in [0.4, 0.5) is 0 Å². The van der Waals surface area contributed by atoms with Crippen LogP contribution in [-0.4, -0.2) is 31.2 Å². The molecule has 2 aromatic carbocycles. The summed E-state index contributed by atoms with van der Waals surface area (Å²) >= 11 is 0. The summed E-state index contributed by atoms with van der Waals surface area (Å²) < 4.78 is 7.31. The largest absolute Gasteiger partial charge is 0.359 e. The van der Waals surface area contributed by atoms with Gasteiger partial charge in [0.2, 0.25) is 0 Å². The maximum absolute atomic E-state index is 12.4. The minimum absolute atomic E-state index is 0.146. The average molecular weight is 442 g/mol. The van der Waals surface area contributed by atoms with Crippen molar-refractivity contribution in [2.24, 2.45) is 0 Å². The SMILES string of the molecule is Cc1cc2nc3c(=O)[nH]c(=O)nc-3n(CCNCc3cc(-c4ccccc4)no3)c2cc1C. The molecule has 33 heavy (non-hydrogen) atoms. The molecule has 0 atom stereocenters. The van der Waals surface area contributed by atoms with Crippen molar-refractivity contribution in [2.45, 2.75) is 26.9 Å². The fraction of sp³-hybridized carbons (Fsp3) is 0.208. The van der Waals surface area contributed by atoms with Crippen LogP contribution in [0.2, 0.25) is 0 Å². The first-order chi connectivity index (χ1) is 16.0. The van der Waals surface area contributed by atoms with Crippen molar-refractivity contribution in [3.63, 3.8) is 0 Å². The lowest BCUT2D eigenvalue weighted by Crippen LogP contribution is -2.30. The number of nitrogens with zero attached hydrogens (tertiary/aromatic N) is 4. The molecule has 0 amide bonds. The summed E-state index contributed by atoms with van der Waals surface area (Å²) in [7, 11) is 0. The van der Waals surface area contributed by atoms with Crippen LogP contribution in [0.15, 0.2) is 62.6 Å². The molecule has 0 spiro atoms. The van der Waals surface area contributed by atoms with Gasteiger partial charge in [-0.25, -0.2) is 9.78 Å². The van der Waals surface area contributed by atoms with E-state index in [0.717, 1.165) is 27.9 Å². The molecular formula is C24H22N6O3. The Labute approximate surface area is 188 Å². The number of aromatic nitrogens is 5. The summed E-state index contributed by atoms with van der Waals surface area (Å²) in [4.78, 5) is 35.0. The van der Waals surface area contributed by atoms with E-state index < -0.39 is 11.2 Å². The molecule has 0 saturated heterocycles. The Kier molecular flexibility index (Phi) is 5.31. The van der Waals surface area contributed by atoms with E-state index in [2.05, 4.69) is 25.4 Å². The van der Waals surface area contributed by atoms with E-state index in [4.69, 9.17) is 4.52 Å². The fourth-order valence-electron chi connectivity index (χ4n) is 3.82.